The topological polar surface area (TPSA) is 106 Å². The maximum atomic E-state index is 10.5. The van der Waals surface area contributed by atoms with E-state index in [9.17, 15) is 5.26 Å². The second-order valence-corrected chi connectivity index (χ2v) is 28.3. The molecule has 8 nitrogen and oxygen atoms in total. The second kappa shape index (κ2) is 20.1. The number of nitriles is 1. The first-order chi connectivity index (χ1) is 37.8. The van der Waals surface area contributed by atoms with E-state index in [0.29, 0.717) is 46.1 Å². The third-order valence-corrected chi connectivity index (χ3v) is 15.7. The highest BCUT2D eigenvalue weighted by Gasteiger charge is 2.27. The van der Waals surface area contributed by atoms with E-state index >= 15 is 0 Å². The van der Waals surface area contributed by atoms with Crippen molar-refractivity contribution >= 4 is 21.8 Å². The summed E-state index contributed by atoms with van der Waals surface area (Å²) in [5, 5.41) is 12.6. The minimum Gasteiger partial charge on any atom is -0.308 e. The molecule has 0 aliphatic carbocycles. The van der Waals surface area contributed by atoms with Gasteiger partial charge in [0.25, 0.3) is 0 Å². The highest BCUT2D eigenvalue weighted by atomic mass is 15.1. The lowest BCUT2D eigenvalue weighted by Gasteiger charge is -2.26. The summed E-state index contributed by atoms with van der Waals surface area (Å²) >= 11 is 0. The Morgan fingerprint density at radius 3 is 1.07 bits per heavy atom. The minimum atomic E-state index is -0.115. The van der Waals surface area contributed by atoms with Crippen molar-refractivity contribution in [2.24, 2.45) is 0 Å². The van der Waals surface area contributed by atoms with Gasteiger partial charge in [-0.25, -0.2) is 29.9 Å². The summed E-state index contributed by atoms with van der Waals surface area (Å²) in [6, 6.07) is 54.0. The summed E-state index contributed by atoms with van der Waals surface area (Å²) in [4.78, 5) is 32.0. The third kappa shape index (κ3) is 11.5. The molecule has 0 radical (unpaired) electrons. The van der Waals surface area contributed by atoms with Crippen molar-refractivity contribution in [2.75, 3.05) is 0 Å². The predicted octanol–water partition coefficient (Wildman–Crippen LogP) is 18.8. The van der Waals surface area contributed by atoms with Crippen LogP contribution in [0.5, 0.6) is 0 Å². The first kappa shape index (κ1) is 56.1. The van der Waals surface area contributed by atoms with Crippen LogP contribution in [0, 0.1) is 11.3 Å². The van der Waals surface area contributed by atoms with E-state index in [1.807, 2.05) is 18.2 Å². The van der Waals surface area contributed by atoms with E-state index in [1.165, 1.54) is 33.4 Å². The van der Waals surface area contributed by atoms with Gasteiger partial charge in [-0.05, 0) is 133 Å². The molecule has 0 N–H and O–H groups in total. The fourth-order valence-electron chi connectivity index (χ4n) is 10.4. The van der Waals surface area contributed by atoms with Gasteiger partial charge in [0.2, 0.25) is 0 Å². The van der Waals surface area contributed by atoms with Crippen molar-refractivity contribution in [3.63, 3.8) is 0 Å². The number of para-hydroxylation sites is 1. The van der Waals surface area contributed by atoms with Gasteiger partial charge in [0.1, 0.15) is 0 Å². The Morgan fingerprint density at radius 1 is 0.309 bits per heavy atom. The second-order valence-electron chi connectivity index (χ2n) is 28.3. The summed E-state index contributed by atoms with van der Waals surface area (Å²) in [7, 11) is 0. The highest BCUT2D eigenvalue weighted by molar-refractivity contribution is 6.11. The van der Waals surface area contributed by atoms with Crippen LogP contribution in [0.4, 0.5) is 0 Å². The first-order valence-electron chi connectivity index (χ1n) is 28.5. The Kier molecular flexibility index (Phi) is 14.0. The van der Waals surface area contributed by atoms with Crippen molar-refractivity contribution in [3.8, 4) is 80.1 Å². The maximum absolute atomic E-state index is 10.5. The van der Waals surface area contributed by atoms with Crippen LogP contribution in [0.3, 0.4) is 0 Å². The quantitative estimate of drug-likeness (QED) is 0.156. The fraction of sp³-hybridized carbons (Fsp3) is 0.329. The molecular formula is C73H78N8. The zero-order valence-electron chi connectivity index (χ0n) is 50.9. The molecule has 0 aliphatic rings. The van der Waals surface area contributed by atoms with Gasteiger partial charge >= 0.3 is 0 Å². The summed E-state index contributed by atoms with van der Waals surface area (Å²) in [5.41, 5.74) is 15.3. The molecule has 0 atom stereocenters. The zero-order valence-corrected chi connectivity index (χ0v) is 50.9. The van der Waals surface area contributed by atoms with Crippen LogP contribution in [-0.4, -0.2) is 34.5 Å². The summed E-state index contributed by atoms with van der Waals surface area (Å²) in [6.07, 6.45) is 0. The van der Waals surface area contributed by atoms with Crippen LogP contribution >= 0.6 is 0 Å². The molecule has 0 aliphatic heterocycles. The van der Waals surface area contributed by atoms with E-state index in [-0.39, 0.29) is 32.5 Å². The average molecular weight is 1070 g/mol. The van der Waals surface area contributed by atoms with Crippen LogP contribution in [-0.2, 0) is 32.5 Å². The molecule has 10 rings (SSSR count). The van der Waals surface area contributed by atoms with Crippen molar-refractivity contribution in [3.05, 3.63) is 185 Å². The van der Waals surface area contributed by atoms with Gasteiger partial charge in [0.05, 0.1) is 28.4 Å². The zero-order chi connectivity index (χ0) is 58.4. The molecule has 0 unspecified atom stereocenters. The molecule has 3 heterocycles. The van der Waals surface area contributed by atoms with Crippen molar-refractivity contribution in [1.82, 2.24) is 34.5 Å². The summed E-state index contributed by atoms with van der Waals surface area (Å²) in [6.45, 7) is 40.5. The Morgan fingerprint density at radius 2 is 0.667 bits per heavy atom. The van der Waals surface area contributed by atoms with E-state index in [4.69, 9.17) is 29.9 Å². The number of nitrogens with zero attached hydrogens (tertiary/aromatic N) is 8. The van der Waals surface area contributed by atoms with E-state index < -0.39 is 0 Å². The molecule has 0 fully saturated rings. The van der Waals surface area contributed by atoms with Crippen LogP contribution in [0.2, 0.25) is 0 Å². The van der Waals surface area contributed by atoms with E-state index in [2.05, 4.69) is 263 Å². The fourth-order valence-corrected chi connectivity index (χ4v) is 10.4. The monoisotopic (exact) mass is 1070 g/mol. The Bertz CT molecular complexity index is 3860. The van der Waals surface area contributed by atoms with Gasteiger partial charge in [-0.15, -0.1) is 0 Å². The molecule has 81 heavy (non-hydrogen) atoms. The molecule has 0 amide bonds. The molecule has 0 saturated carbocycles. The van der Waals surface area contributed by atoms with E-state index in [0.717, 1.165) is 55.3 Å². The van der Waals surface area contributed by atoms with Crippen molar-refractivity contribution < 1.29 is 0 Å². The Balaban J connectivity index is 1.20. The van der Waals surface area contributed by atoms with Crippen LogP contribution < -0.4 is 0 Å². The van der Waals surface area contributed by atoms with Gasteiger partial charge in [-0.2, -0.15) is 5.26 Å². The van der Waals surface area contributed by atoms with Gasteiger partial charge in [0.15, 0.2) is 34.9 Å². The standard InChI is InChI=1S/C73H78N8/c1-68(2,3)50-29-24-45(25-30-50)62-75-63(46-26-31-51(32-27-46)69(4,5)6)80-67(79-62)58-35-44(43-74)23-33-61(58)81-59-22-20-19-21-56(59)57-40-47(28-34-60(57)81)64-76-65(48-36-52(70(7,8)9)41-53(37-48)71(10,11)12)78-66(77-64)49-38-54(72(13,14)15)42-55(39-49)73(16,17)18/h19-42H,1-18H3. The number of rotatable bonds is 7. The number of aromatic nitrogens is 7. The van der Waals surface area contributed by atoms with Gasteiger partial charge in [-0.3, -0.25) is 0 Å². The molecule has 7 aromatic carbocycles. The lowest BCUT2D eigenvalue weighted by atomic mass is 9.79. The summed E-state index contributed by atoms with van der Waals surface area (Å²) < 4.78 is 2.27. The highest BCUT2D eigenvalue weighted by Crippen LogP contribution is 2.41. The Hall–Kier alpha value is -8.15. The number of hydrogen-bond acceptors (Lipinski definition) is 7. The predicted molar refractivity (Wildman–Crippen MR) is 337 cm³/mol. The van der Waals surface area contributed by atoms with Crippen LogP contribution in [0.25, 0.3) is 95.8 Å². The van der Waals surface area contributed by atoms with E-state index in [1.54, 1.807) is 0 Å². The number of benzene rings is 7. The SMILES string of the molecule is CC(C)(C)c1ccc(-c2nc(-c3ccc(C(C)(C)C)cc3)nc(-c3cc(C#N)ccc3-n3c4ccccc4c4cc(-c5nc(-c6cc(C(C)(C)C)cc(C(C)(C)C)c6)nc(-c6cc(C(C)(C)C)cc(C(C)(C)C)c6)n5)ccc43)n2)cc1. The molecule has 8 heteroatoms. The molecule has 3 aromatic heterocycles. The smallest absolute Gasteiger partial charge is 0.166 e. The maximum Gasteiger partial charge on any atom is 0.166 e. The van der Waals surface area contributed by atoms with Crippen LogP contribution in [0.15, 0.2) is 146 Å². The molecule has 0 bridgehead atoms. The number of hydrogen-bond donors (Lipinski definition) is 0. The number of fused-ring (bicyclic) bond motifs is 3. The minimum absolute atomic E-state index is 0.0279. The molecule has 0 spiro atoms. The van der Waals surface area contributed by atoms with Crippen molar-refractivity contribution in [1.29, 1.82) is 5.26 Å². The summed E-state index contributed by atoms with van der Waals surface area (Å²) in [5.74, 6) is 3.39. The van der Waals surface area contributed by atoms with Crippen molar-refractivity contribution in [2.45, 2.75) is 157 Å². The molecule has 0 saturated heterocycles. The van der Waals surface area contributed by atoms with Gasteiger partial charge < -0.3 is 4.57 Å². The normalized spacial score (nSPS) is 12.8. The average Bonchev–Trinajstić information content (AvgIpc) is 3.85. The lowest BCUT2D eigenvalue weighted by molar-refractivity contribution is 0.568. The Labute approximate surface area is 480 Å². The molecule has 410 valence electrons. The van der Waals surface area contributed by atoms with Gasteiger partial charge in [-0.1, -0.05) is 203 Å². The lowest BCUT2D eigenvalue weighted by Crippen LogP contribution is -2.17. The molecule has 10 aromatic rings. The largest absolute Gasteiger partial charge is 0.308 e. The van der Waals surface area contributed by atoms with Gasteiger partial charge in [0, 0.05) is 44.2 Å². The van der Waals surface area contributed by atoms with Crippen LogP contribution in [0.1, 0.15) is 164 Å². The first-order valence-corrected chi connectivity index (χ1v) is 28.5. The third-order valence-electron chi connectivity index (χ3n) is 15.7. The molecular weight excluding hydrogens is 989 g/mol.